The van der Waals surface area contributed by atoms with E-state index in [1.165, 1.54) is 180 Å². The van der Waals surface area contributed by atoms with Gasteiger partial charge in [0.05, 0.1) is 13.2 Å². The van der Waals surface area contributed by atoms with Crippen LogP contribution in [-0.4, -0.2) is 49.3 Å². The van der Waals surface area contributed by atoms with Crippen LogP contribution >= 0.6 is 7.82 Å². The first kappa shape index (κ1) is 86.9. The lowest BCUT2D eigenvalue weighted by atomic mass is 10.0. The second-order valence-electron chi connectivity index (χ2n) is 24.4. The van der Waals surface area contributed by atoms with Gasteiger partial charge < -0.3 is 20.1 Å². The molecule has 9 nitrogen and oxygen atoms in total. The van der Waals surface area contributed by atoms with Crippen molar-refractivity contribution in [3.8, 4) is 0 Å². The van der Waals surface area contributed by atoms with Crippen molar-refractivity contribution in [3.63, 3.8) is 0 Å². The Labute approximate surface area is 560 Å². The number of phosphoric acid groups is 1. The van der Waals surface area contributed by atoms with Gasteiger partial charge in [0.1, 0.15) is 6.61 Å². The van der Waals surface area contributed by atoms with Crippen LogP contribution in [0.2, 0.25) is 0 Å². The summed E-state index contributed by atoms with van der Waals surface area (Å²) in [5, 5.41) is 0. The molecule has 3 N–H and O–H groups in total. The number of phosphoric ester groups is 1. The molecule has 2 atom stereocenters. The highest BCUT2D eigenvalue weighted by Crippen LogP contribution is 2.43. The van der Waals surface area contributed by atoms with Crippen molar-refractivity contribution in [2.24, 2.45) is 5.73 Å². The molecule has 2 unspecified atom stereocenters. The fourth-order valence-electron chi connectivity index (χ4n) is 10.2. The molecule has 0 bridgehead atoms. The van der Waals surface area contributed by atoms with Crippen LogP contribution in [0.1, 0.15) is 322 Å². The molecule has 0 aromatic carbocycles. The Morgan fingerprint density at radius 2 is 0.604 bits per heavy atom. The molecule has 0 saturated carbocycles. The van der Waals surface area contributed by atoms with E-state index in [1.54, 1.807) is 0 Å². The van der Waals surface area contributed by atoms with Crippen molar-refractivity contribution in [1.82, 2.24) is 0 Å². The molecule has 0 aromatic heterocycles. The lowest BCUT2D eigenvalue weighted by Crippen LogP contribution is -2.29. The molecule has 0 aromatic rings. The highest BCUT2D eigenvalue weighted by atomic mass is 31.2. The van der Waals surface area contributed by atoms with Crippen LogP contribution in [0, 0.1) is 0 Å². The smallest absolute Gasteiger partial charge is 0.462 e. The third-order valence-electron chi connectivity index (χ3n) is 15.7. The number of hydrogen-bond acceptors (Lipinski definition) is 8. The second-order valence-corrected chi connectivity index (χ2v) is 25.9. The van der Waals surface area contributed by atoms with Crippen LogP contribution in [0.25, 0.3) is 0 Å². The number of hydrogen-bond donors (Lipinski definition) is 2. The van der Waals surface area contributed by atoms with Crippen LogP contribution in [-0.2, 0) is 32.7 Å². The first-order chi connectivity index (χ1) is 44.8. The van der Waals surface area contributed by atoms with Gasteiger partial charge in [0.25, 0.3) is 0 Å². The average molecular weight is 1280 g/mol. The van der Waals surface area contributed by atoms with Gasteiger partial charge in [-0.1, -0.05) is 333 Å². The zero-order valence-corrected chi connectivity index (χ0v) is 59.4. The molecular formula is C81H138NO8P. The molecule has 0 heterocycles. The third kappa shape index (κ3) is 74.8. The molecule has 0 rings (SSSR count). The van der Waals surface area contributed by atoms with E-state index >= 15 is 0 Å². The summed E-state index contributed by atoms with van der Waals surface area (Å²) >= 11 is 0. The monoisotopic (exact) mass is 1280 g/mol. The molecule has 10 heteroatoms. The van der Waals surface area contributed by atoms with Crippen molar-refractivity contribution in [2.45, 2.75) is 328 Å². The maximum Gasteiger partial charge on any atom is 0.472 e. The fourth-order valence-corrected chi connectivity index (χ4v) is 11.0. The molecule has 0 spiro atoms. The lowest BCUT2D eigenvalue weighted by Gasteiger charge is -2.19. The minimum Gasteiger partial charge on any atom is -0.462 e. The topological polar surface area (TPSA) is 134 Å². The van der Waals surface area contributed by atoms with Crippen molar-refractivity contribution >= 4 is 19.8 Å². The zero-order chi connectivity index (χ0) is 65.8. The Morgan fingerprint density at radius 1 is 0.341 bits per heavy atom. The van der Waals surface area contributed by atoms with E-state index in [1.807, 2.05) is 0 Å². The molecule has 0 aliphatic carbocycles. The van der Waals surface area contributed by atoms with E-state index in [0.717, 1.165) is 109 Å². The summed E-state index contributed by atoms with van der Waals surface area (Å²) in [5.41, 5.74) is 5.40. The number of allylic oxidation sites excluding steroid dienone is 24. The minimum atomic E-state index is -4.41. The van der Waals surface area contributed by atoms with Gasteiger partial charge in [0, 0.05) is 19.4 Å². The molecule has 91 heavy (non-hydrogen) atoms. The van der Waals surface area contributed by atoms with Crippen LogP contribution in [0.4, 0.5) is 0 Å². The Kier molecular flexibility index (Phi) is 71.5. The maximum atomic E-state index is 12.8. The molecule has 0 amide bonds. The van der Waals surface area contributed by atoms with Crippen molar-refractivity contribution in [3.05, 3.63) is 146 Å². The molecule has 0 radical (unpaired) electrons. The van der Waals surface area contributed by atoms with Crippen LogP contribution in [0.3, 0.4) is 0 Å². The highest BCUT2D eigenvalue weighted by Gasteiger charge is 2.26. The number of carbonyl (C=O) groups excluding carboxylic acids is 2. The van der Waals surface area contributed by atoms with Crippen LogP contribution in [0.5, 0.6) is 0 Å². The summed E-state index contributed by atoms with van der Waals surface area (Å²) in [6, 6.07) is 0. The van der Waals surface area contributed by atoms with Gasteiger partial charge in [-0.05, 0) is 122 Å². The van der Waals surface area contributed by atoms with Crippen LogP contribution < -0.4 is 5.73 Å². The van der Waals surface area contributed by atoms with Crippen molar-refractivity contribution in [1.29, 1.82) is 0 Å². The molecule has 0 aliphatic heterocycles. The number of rotatable bonds is 69. The minimum absolute atomic E-state index is 0.0415. The van der Waals surface area contributed by atoms with Gasteiger partial charge in [-0.25, -0.2) is 4.57 Å². The Hall–Kier alpha value is -4.11. The largest absolute Gasteiger partial charge is 0.472 e. The summed E-state index contributed by atoms with van der Waals surface area (Å²) in [4.78, 5) is 35.4. The Balaban J connectivity index is 3.91. The van der Waals surface area contributed by atoms with Gasteiger partial charge in [0.2, 0.25) is 0 Å². The van der Waals surface area contributed by atoms with E-state index < -0.39 is 26.5 Å². The van der Waals surface area contributed by atoms with Crippen molar-refractivity contribution in [2.75, 3.05) is 26.4 Å². The second kappa shape index (κ2) is 74.9. The van der Waals surface area contributed by atoms with E-state index in [4.69, 9.17) is 24.3 Å². The first-order valence-electron chi connectivity index (χ1n) is 37.3. The van der Waals surface area contributed by atoms with Crippen LogP contribution in [0.15, 0.2) is 146 Å². The highest BCUT2D eigenvalue weighted by molar-refractivity contribution is 7.47. The zero-order valence-electron chi connectivity index (χ0n) is 58.5. The quantitative estimate of drug-likeness (QED) is 0.0264. The normalized spacial score (nSPS) is 13.8. The predicted octanol–water partition coefficient (Wildman–Crippen LogP) is 25.0. The fraction of sp³-hybridized carbons (Fsp3) is 0.679. The maximum absolute atomic E-state index is 12.8. The Morgan fingerprint density at radius 3 is 0.912 bits per heavy atom. The number of esters is 2. The summed E-state index contributed by atoms with van der Waals surface area (Å²) < 4.78 is 33.2. The molecule has 0 saturated heterocycles. The first-order valence-corrected chi connectivity index (χ1v) is 38.8. The van der Waals surface area contributed by atoms with Gasteiger partial charge in [-0.3, -0.25) is 18.6 Å². The number of unbranched alkanes of at least 4 members (excludes halogenated alkanes) is 32. The van der Waals surface area contributed by atoms with Crippen molar-refractivity contribution < 1.29 is 37.6 Å². The summed E-state index contributed by atoms with van der Waals surface area (Å²) in [6.07, 6.45) is 108. The Bertz CT molecular complexity index is 2010. The number of carbonyl (C=O) groups is 2. The number of nitrogens with two attached hydrogens (primary N) is 1. The van der Waals surface area contributed by atoms with Gasteiger partial charge in [0.15, 0.2) is 6.10 Å². The lowest BCUT2D eigenvalue weighted by molar-refractivity contribution is -0.161. The third-order valence-corrected chi connectivity index (χ3v) is 16.7. The van der Waals surface area contributed by atoms with Gasteiger partial charge in [-0.2, -0.15) is 0 Å². The van der Waals surface area contributed by atoms with E-state index in [0.29, 0.717) is 6.42 Å². The summed E-state index contributed by atoms with van der Waals surface area (Å²) in [5.74, 6) is -0.865. The van der Waals surface area contributed by atoms with E-state index in [9.17, 15) is 19.0 Å². The SMILES string of the molecule is CC/C=C\C/C=C\C/C=C\C/C=C\C/C=C\C/C=C\C/C=C\C/C=C\C/C=C\CCCCCC(=O)OC(COC(=O)CCCCCCCCCCCCCCCCCCCCCCCCCC/C=C\C/C=C\C/C=C\CCCCCCC)COP(=O)(O)OCCN. The molecule has 520 valence electrons. The van der Waals surface area contributed by atoms with Gasteiger partial charge in [-0.15, -0.1) is 0 Å². The number of ether oxygens (including phenoxy) is 2. The molecule has 0 aliphatic rings. The molecular weight excluding hydrogens is 1150 g/mol. The average Bonchev–Trinajstić information content (AvgIpc) is 3.71. The molecule has 0 fully saturated rings. The van der Waals surface area contributed by atoms with Gasteiger partial charge >= 0.3 is 19.8 Å². The summed E-state index contributed by atoms with van der Waals surface area (Å²) in [6.45, 7) is 3.59. The van der Waals surface area contributed by atoms with E-state index in [2.05, 4.69) is 160 Å². The standard InChI is InChI=1S/C81H138NO8P/c1-3-5-7-9-11-13-15-17-19-21-23-25-27-29-31-33-35-36-37-38-39-40-41-42-44-45-47-49-51-53-55-57-59-61-63-65-67-69-71-73-80(83)87-77-79(78-89-91(85,86)88-76-75-82)90-81(84)74-72-70-68-66-64-62-60-58-56-54-52-50-48-46-43-34-32-30-28-26-24-22-20-18-16-14-12-10-8-6-4-2/h6,8,12,14-15,17-18,20-21,23-24,26-27,29-30,32,43,46,50,52,56,58,62,64,79H,3-5,7,9-11,13,16,19,22,25,28,31,33-42,44-45,47-49,51,53-55,57,59-61,63,65-78,82H2,1-2H3,(H,85,86)/b8-6-,14-12-,17-15-,20-18-,23-21-,26-24-,29-27-,32-30-,46-43-,52-50-,58-56-,64-62-. The van der Waals surface area contributed by atoms with E-state index in [-0.39, 0.29) is 38.6 Å². The summed E-state index contributed by atoms with van der Waals surface area (Å²) in [7, 11) is -4.41. The predicted molar refractivity (Wildman–Crippen MR) is 394 cm³/mol.